The smallest absolute Gasteiger partial charge is 0.274 e. The minimum atomic E-state index is -0.155. The molecule has 6 nitrogen and oxygen atoms in total. The van der Waals surface area contributed by atoms with Crippen molar-refractivity contribution in [1.29, 1.82) is 0 Å². The second-order valence-corrected chi connectivity index (χ2v) is 6.27. The SMILES string of the molecule is CCc1noc(-c2c(C)cc(C)n2CC(=O)Nc2cccc(Cl)c2)n1. The number of anilines is 1. The van der Waals surface area contributed by atoms with E-state index < -0.39 is 0 Å². The van der Waals surface area contributed by atoms with Gasteiger partial charge in [0.25, 0.3) is 5.89 Å². The van der Waals surface area contributed by atoms with Crippen molar-refractivity contribution in [3.63, 3.8) is 0 Å². The van der Waals surface area contributed by atoms with Gasteiger partial charge in [-0.05, 0) is 43.7 Å². The van der Waals surface area contributed by atoms with Crippen LogP contribution in [-0.4, -0.2) is 20.6 Å². The standard InChI is InChI=1S/C18H19ClN4O2/c1-4-15-21-18(25-22-15)17-11(2)8-12(3)23(17)10-16(24)20-14-7-5-6-13(19)9-14/h5-9H,4,10H2,1-3H3,(H,20,24). The monoisotopic (exact) mass is 358 g/mol. The van der Waals surface area contributed by atoms with Gasteiger partial charge in [-0.3, -0.25) is 4.79 Å². The van der Waals surface area contributed by atoms with Gasteiger partial charge < -0.3 is 14.4 Å². The van der Waals surface area contributed by atoms with Crippen LogP contribution in [0.3, 0.4) is 0 Å². The lowest BCUT2D eigenvalue weighted by Gasteiger charge is -2.11. The Labute approximate surface area is 150 Å². The highest BCUT2D eigenvalue weighted by Crippen LogP contribution is 2.26. The van der Waals surface area contributed by atoms with E-state index in [1.165, 1.54) is 0 Å². The molecule has 2 heterocycles. The fourth-order valence-corrected chi connectivity index (χ4v) is 2.93. The number of aromatic nitrogens is 3. The fraction of sp³-hybridized carbons (Fsp3) is 0.278. The molecule has 2 aromatic heterocycles. The van der Waals surface area contributed by atoms with Gasteiger partial charge in [0.1, 0.15) is 12.2 Å². The van der Waals surface area contributed by atoms with Crippen molar-refractivity contribution in [2.75, 3.05) is 5.32 Å². The molecule has 0 atom stereocenters. The molecule has 0 aliphatic rings. The summed E-state index contributed by atoms with van der Waals surface area (Å²) in [5.41, 5.74) is 3.36. The van der Waals surface area contributed by atoms with Gasteiger partial charge in [0.15, 0.2) is 5.82 Å². The molecule has 1 N–H and O–H groups in total. The molecule has 0 spiro atoms. The quantitative estimate of drug-likeness (QED) is 0.747. The number of carbonyl (C=O) groups is 1. The Hall–Kier alpha value is -2.60. The lowest BCUT2D eigenvalue weighted by atomic mass is 10.2. The molecule has 0 radical (unpaired) electrons. The Morgan fingerprint density at radius 2 is 2.12 bits per heavy atom. The fourth-order valence-electron chi connectivity index (χ4n) is 2.74. The van der Waals surface area contributed by atoms with Gasteiger partial charge in [0.2, 0.25) is 5.91 Å². The summed E-state index contributed by atoms with van der Waals surface area (Å²) >= 11 is 5.95. The molecule has 0 aliphatic heterocycles. The molecule has 7 heteroatoms. The molecular weight excluding hydrogens is 340 g/mol. The molecule has 1 aromatic carbocycles. The van der Waals surface area contributed by atoms with Crippen LogP contribution < -0.4 is 5.32 Å². The van der Waals surface area contributed by atoms with E-state index in [0.717, 1.165) is 17.0 Å². The van der Waals surface area contributed by atoms with Gasteiger partial charge >= 0.3 is 0 Å². The minimum Gasteiger partial charge on any atom is -0.332 e. The van der Waals surface area contributed by atoms with E-state index in [0.29, 0.717) is 28.8 Å². The zero-order chi connectivity index (χ0) is 18.0. The molecule has 1 amide bonds. The second kappa shape index (κ2) is 7.11. The van der Waals surface area contributed by atoms with Crippen molar-refractivity contribution >= 4 is 23.2 Å². The maximum absolute atomic E-state index is 12.5. The zero-order valence-corrected chi connectivity index (χ0v) is 15.1. The average molecular weight is 359 g/mol. The number of benzene rings is 1. The van der Waals surface area contributed by atoms with Crippen molar-refractivity contribution in [2.45, 2.75) is 33.7 Å². The molecule has 0 saturated carbocycles. The van der Waals surface area contributed by atoms with E-state index in [-0.39, 0.29) is 12.5 Å². The molecule has 3 aromatic rings. The Morgan fingerprint density at radius 1 is 1.32 bits per heavy atom. The lowest BCUT2D eigenvalue weighted by Crippen LogP contribution is -2.20. The van der Waals surface area contributed by atoms with E-state index in [9.17, 15) is 4.79 Å². The first-order valence-corrected chi connectivity index (χ1v) is 8.40. The highest BCUT2D eigenvalue weighted by atomic mass is 35.5. The largest absolute Gasteiger partial charge is 0.332 e. The first-order chi connectivity index (χ1) is 12.0. The molecule has 0 fully saturated rings. The van der Waals surface area contributed by atoms with Crippen LogP contribution in [0.2, 0.25) is 5.02 Å². The van der Waals surface area contributed by atoms with Crippen LogP contribution >= 0.6 is 11.6 Å². The predicted molar refractivity (Wildman–Crippen MR) is 96.7 cm³/mol. The molecule has 25 heavy (non-hydrogen) atoms. The highest BCUT2D eigenvalue weighted by Gasteiger charge is 2.19. The summed E-state index contributed by atoms with van der Waals surface area (Å²) in [4.78, 5) is 16.8. The van der Waals surface area contributed by atoms with Crippen LogP contribution in [0.15, 0.2) is 34.9 Å². The second-order valence-electron chi connectivity index (χ2n) is 5.83. The number of hydrogen-bond acceptors (Lipinski definition) is 4. The first-order valence-electron chi connectivity index (χ1n) is 8.03. The Morgan fingerprint density at radius 3 is 2.80 bits per heavy atom. The predicted octanol–water partition coefficient (Wildman–Crippen LogP) is 4.01. The summed E-state index contributed by atoms with van der Waals surface area (Å²) in [5.74, 6) is 0.915. The van der Waals surface area contributed by atoms with Crippen molar-refractivity contribution in [2.24, 2.45) is 0 Å². The van der Waals surface area contributed by atoms with Crippen LogP contribution in [0, 0.1) is 13.8 Å². The zero-order valence-electron chi connectivity index (χ0n) is 14.3. The molecule has 0 bridgehead atoms. The molecule has 130 valence electrons. The van der Waals surface area contributed by atoms with Gasteiger partial charge in [-0.2, -0.15) is 4.98 Å². The average Bonchev–Trinajstić information content (AvgIpc) is 3.12. The van der Waals surface area contributed by atoms with Crippen LogP contribution in [0.4, 0.5) is 5.69 Å². The van der Waals surface area contributed by atoms with Crippen LogP contribution in [0.1, 0.15) is 24.0 Å². The van der Waals surface area contributed by atoms with E-state index >= 15 is 0 Å². The van der Waals surface area contributed by atoms with Crippen molar-refractivity contribution in [3.05, 3.63) is 52.4 Å². The van der Waals surface area contributed by atoms with Gasteiger partial charge in [-0.25, -0.2) is 0 Å². The van der Waals surface area contributed by atoms with Crippen LogP contribution in [0.5, 0.6) is 0 Å². The number of carbonyl (C=O) groups excluding carboxylic acids is 1. The van der Waals surface area contributed by atoms with Gasteiger partial charge in [-0.1, -0.05) is 29.7 Å². The van der Waals surface area contributed by atoms with E-state index in [4.69, 9.17) is 16.1 Å². The lowest BCUT2D eigenvalue weighted by molar-refractivity contribution is -0.116. The maximum Gasteiger partial charge on any atom is 0.274 e. The first kappa shape index (κ1) is 17.2. The van der Waals surface area contributed by atoms with E-state index in [1.54, 1.807) is 24.3 Å². The maximum atomic E-state index is 12.5. The summed E-state index contributed by atoms with van der Waals surface area (Å²) in [7, 11) is 0. The normalized spacial score (nSPS) is 10.9. The Balaban J connectivity index is 1.86. The van der Waals surface area contributed by atoms with Crippen LogP contribution in [0.25, 0.3) is 11.6 Å². The van der Waals surface area contributed by atoms with Gasteiger partial charge in [0.05, 0.1) is 0 Å². The number of nitrogens with one attached hydrogen (secondary N) is 1. The van der Waals surface area contributed by atoms with Gasteiger partial charge in [-0.15, -0.1) is 0 Å². The van der Waals surface area contributed by atoms with Crippen molar-refractivity contribution < 1.29 is 9.32 Å². The molecule has 0 unspecified atom stereocenters. The number of hydrogen-bond donors (Lipinski definition) is 1. The third kappa shape index (κ3) is 3.74. The summed E-state index contributed by atoms with van der Waals surface area (Å²) in [6.07, 6.45) is 0.692. The highest BCUT2D eigenvalue weighted by molar-refractivity contribution is 6.30. The topological polar surface area (TPSA) is 73.0 Å². The number of aryl methyl sites for hydroxylation is 3. The number of halogens is 1. The van der Waals surface area contributed by atoms with E-state index in [1.807, 2.05) is 31.4 Å². The Kier molecular flexibility index (Phi) is 4.90. The van der Waals surface area contributed by atoms with E-state index in [2.05, 4.69) is 15.5 Å². The summed E-state index contributed by atoms with van der Waals surface area (Å²) in [6, 6.07) is 9.05. The minimum absolute atomic E-state index is 0.144. The Bertz CT molecular complexity index is 914. The molecule has 3 rings (SSSR count). The summed E-state index contributed by atoms with van der Waals surface area (Å²) in [5, 5.41) is 7.37. The van der Waals surface area contributed by atoms with Crippen LogP contribution in [-0.2, 0) is 17.8 Å². The van der Waals surface area contributed by atoms with Gasteiger partial charge in [0, 0.05) is 22.8 Å². The number of nitrogens with zero attached hydrogens (tertiary/aromatic N) is 3. The molecule has 0 saturated heterocycles. The summed E-state index contributed by atoms with van der Waals surface area (Å²) < 4.78 is 7.24. The number of rotatable bonds is 5. The third-order valence-electron chi connectivity index (χ3n) is 3.89. The van der Waals surface area contributed by atoms with Crippen molar-refractivity contribution in [3.8, 4) is 11.6 Å². The third-order valence-corrected chi connectivity index (χ3v) is 4.13. The molecular formula is C18H19ClN4O2. The van der Waals surface area contributed by atoms with Crippen molar-refractivity contribution in [1.82, 2.24) is 14.7 Å². The number of amides is 1. The summed E-state index contributed by atoms with van der Waals surface area (Å²) in [6.45, 7) is 6.01. The molecule has 0 aliphatic carbocycles.